The molecule has 0 fully saturated rings. The number of alkyl halides is 1. The molecule has 0 bridgehead atoms. The molecule has 0 saturated carbocycles. The van der Waals surface area contributed by atoms with E-state index < -0.39 is 10.0 Å². The van der Waals surface area contributed by atoms with E-state index >= 15 is 0 Å². The highest BCUT2D eigenvalue weighted by atomic mass is 79.9. The van der Waals surface area contributed by atoms with Crippen molar-refractivity contribution in [1.82, 2.24) is 9.71 Å². The van der Waals surface area contributed by atoms with Gasteiger partial charge in [-0.05, 0) is 13.3 Å². The minimum atomic E-state index is -3.37. The van der Waals surface area contributed by atoms with Crippen molar-refractivity contribution >= 4 is 37.3 Å². The third kappa shape index (κ3) is 3.82. The number of aryl methyl sites for hydroxylation is 1. The van der Waals surface area contributed by atoms with Crippen LogP contribution in [-0.2, 0) is 10.0 Å². The summed E-state index contributed by atoms with van der Waals surface area (Å²) in [5.41, 5.74) is 0. The second-order valence-corrected chi connectivity index (χ2v) is 7.58. The molecule has 86 valence electrons. The van der Waals surface area contributed by atoms with Gasteiger partial charge in [-0.1, -0.05) is 22.9 Å². The maximum absolute atomic E-state index is 11.7. The fraction of sp³-hybridized carbons (Fsp3) is 0.625. The molecular formula is C8H13BrN2O2S2. The van der Waals surface area contributed by atoms with Gasteiger partial charge in [-0.15, -0.1) is 11.3 Å². The van der Waals surface area contributed by atoms with E-state index in [1.807, 2.05) is 6.92 Å². The van der Waals surface area contributed by atoms with Crippen molar-refractivity contribution in [3.05, 3.63) is 11.2 Å². The molecule has 4 nitrogen and oxygen atoms in total. The van der Waals surface area contributed by atoms with Gasteiger partial charge >= 0.3 is 0 Å². The Morgan fingerprint density at radius 1 is 1.67 bits per heavy atom. The first-order chi connectivity index (χ1) is 6.95. The van der Waals surface area contributed by atoms with Gasteiger partial charge < -0.3 is 0 Å². The maximum atomic E-state index is 11.7. The van der Waals surface area contributed by atoms with Gasteiger partial charge in [0, 0.05) is 11.4 Å². The second kappa shape index (κ2) is 5.38. The average molecular weight is 313 g/mol. The van der Waals surface area contributed by atoms with Crippen LogP contribution >= 0.6 is 27.3 Å². The Kier molecular flexibility index (Phi) is 4.69. The lowest BCUT2D eigenvalue weighted by Crippen LogP contribution is -2.28. The lowest BCUT2D eigenvalue weighted by atomic mass is 10.3. The van der Waals surface area contributed by atoms with Crippen LogP contribution in [0.15, 0.2) is 10.4 Å². The summed E-state index contributed by atoms with van der Waals surface area (Å²) in [4.78, 5) is 4.09. The number of aromatic nitrogens is 1. The normalized spacial score (nSPS) is 14.1. The van der Waals surface area contributed by atoms with Gasteiger partial charge in [0.15, 0.2) is 4.21 Å². The average Bonchev–Trinajstić information content (AvgIpc) is 2.62. The van der Waals surface area contributed by atoms with Crippen molar-refractivity contribution in [1.29, 1.82) is 0 Å². The fourth-order valence-electron chi connectivity index (χ4n) is 0.882. The van der Waals surface area contributed by atoms with E-state index in [9.17, 15) is 8.42 Å². The molecule has 1 N–H and O–H groups in total. The van der Waals surface area contributed by atoms with Crippen molar-refractivity contribution in [3.8, 4) is 0 Å². The van der Waals surface area contributed by atoms with E-state index in [0.717, 1.165) is 11.4 Å². The number of sulfonamides is 1. The van der Waals surface area contributed by atoms with Crippen LogP contribution in [0.25, 0.3) is 0 Å². The van der Waals surface area contributed by atoms with E-state index in [2.05, 4.69) is 25.6 Å². The molecule has 1 aromatic rings. The van der Waals surface area contributed by atoms with Gasteiger partial charge in [-0.2, -0.15) is 0 Å². The van der Waals surface area contributed by atoms with Crippen molar-refractivity contribution in [2.75, 3.05) is 6.54 Å². The van der Waals surface area contributed by atoms with Crippen molar-refractivity contribution in [3.63, 3.8) is 0 Å². The van der Waals surface area contributed by atoms with Gasteiger partial charge in [-0.3, -0.25) is 0 Å². The molecule has 1 heterocycles. The number of halogens is 1. The number of hydrogen-bond donors (Lipinski definition) is 1. The van der Waals surface area contributed by atoms with Crippen molar-refractivity contribution < 1.29 is 8.42 Å². The Morgan fingerprint density at radius 3 is 2.80 bits per heavy atom. The molecule has 0 aliphatic rings. The highest BCUT2D eigenvalue weighted by Gasteiger charge is 2.17. The van der Waals surface area contributed by atoms with Crippen molar-refractivity contribution in [2.24, 2.45) is 0 Å². The molecule has 0 spiro atoms. The Labute approximate surface area is 102 Å². The Bertz CT molecular complexity index is 416. The Hall–Kier alpha value is 0.0200. The summed E-state index contributed by atoms with van der Waals surface area (Å²) in [5, 5.41) is 0.751. The highest BCUT2D eigenvalue weighted by molar-refractivity contribution is 9.09. The molecule has 0 aliphatic heterocycles. The monoisotopic (exact) mass is 312 g/mol. The first-order valence-electron chi connectivity index (χ1n) is 4.52. The molecular weight excluding hydrogens is 300 g/mol. The summed E-state index contributed by atoms with van der Waals surface area (Å²) in [6.45, 7) is 4.17. The molecule has 7 heteroatoms. The molecule has 0 radical (unpaired) electrons. The van der Waals surface area contributed by atoms with Crippen LogP contribution in [0, 0.1) is 6.92 Å². The summed E-state index contributed by atoms with van der Waals surface area (Å²) in [6.07, 6.45) is 2.27. The minimum Gasteiger partial charge on any atom is -0.249 e. The van der Waals surface area contributed by atoms with E-state index in [-0.39, 0.29) is 9.04 Å². The second-order valence-electron chi connectivity index (χ2n) is 3.06. The van der Waals surface area contributed by atoms with Crippen LogP contribution in [-0.4, -0.2) is 24.8 Å². The van der Waals surface area contributed by atoms with Crippen LogP contribution in [0.4, 0.5) is 0 Å². The summed E-state index contributed by atoms with van der Waals surface area (Å²) in [5.74, 6) is 0. The highest BCUT2D eigenvalue weighted by Crippen LogP contribution is 2.17. The molecule has 1 unspecified atom stereocenters. The van der Waals surface area contributed by atoms with Crippen LogP contribution in [0.3, 0.4) is 0 Å². The van der Waals surface area contributed by atoms with Crippen LogP contribution in [0.1, 0.15) is 18.4 Å². The predicted octanol–water partition coefficient (Wildman–Crippen LogP) is 1.90. The van der Waals surface area contributed by atoms with Crippen LogP contribution < -0.4 is 4.72 Å². The zero-order chi connectivity index (χ0) is 11.5. The number of nitrogens with zero attached hydrogens (tertiary/aromatic N) is 1. The summed E-state index contributed by atoms with van der Waals surface area (Å²) >= 11 is 4.55. The first-order valence-corrected chi connectivity index (χ1v) is 7.73. The molecule has 0 aromatic carbocycles. The van der Waals surface area contributed by atoms with E-state index in [1.165, 1.54) is 17.5 Å². The Morgan fingerprint density at radius 2 is 2.33 bits per heavy atom. The standard InChI is InChI=1S/C8H13BrN2O2S2/c1-3-7(9)4-11-15(12,13)8-5-10-6(2)14-8/h5,7,11H,3-4H2,1-2H3. The smallest absolute Gasteiger partial charge is 0.249 e. The molecule has 1 atom stereocenters. The quantitative estimate of drug-likeness (QED) is 0.845. The van der Waals surface area contributed by atoms with Crippen molar-refractivity contribution in [2.45, 2.75) is 29.3 Å². The molecule has 0 amide bonds. The van der Waals surface area contributed by atoms with Crippen LogP contribution in [0.5, 0.6) is 0 Å². The number of hydrogen-bond acceptors (Lipinski definition) is 4. The summed E-state index contributed by atoms with van der Waals surface area (Å²) < 4.78 is 26.2. The SMILES string of the molecule is CCC(Br)CNS(=O)(=O)c1cnc(C)s1. The summed E-state index contributed by atoms with van der Waals surface area (Å²) in [6, 6.07) is 0. The number of rotatable bonds is 5. The van der Waals surface area contributed by atoms with Gasteiger partial charge in [0.1, 0.15) is 0 Å². The van der Waals surface area contributed by atoms with Gasteiger partial charge in [0.25, 0.3) is 10.0 Å². The van der Waals surface area contributed by atoms with Crippen LogP contribution in [0.2, 0.25) is 0 Å². The third-order valence-electron chi connectivity index (χ3n) is 1.80. The largest absolute Gasteiger partial charge is 0.251 e. The number of nitrogens with one attached hydrogen (secondary N) is 1. The zero-order valence-electron chi connectivity index (χ0n) is 8.53. The molecule has 15 heavy (non-hydrogen) atoms. The zero-order valence-corrected chi connectivity index (χ0v) is 11.7. The fourth-order valence-corrected chi connectivity index (χ4v) is 3.49. The molecule has 1 rings (SSSR count). The molecule has 1 aromatic heterocycles. The first kappa shape index (κ1) is 13.1. The van der Waals surface area contributed by atoms with Gasteiger partial charge in [0.05, 0.1) is 11.2 Å². The third-order valence-corrected chi connectivity index (χ3v) is 5.57. The maximum Gasteiger partial charge on any atom is 0.251 e. The molecule has 0 aliphatic carbocycles. The van der Waals surface area contributed by atoms with E-state index in [1.54, 1.807) is 6.92 Å². The van der Waals surface area contributed by atoms with E-state index in [0.29, 0.717) is 6.54 Å². The minimum absolute atomic E-state index is 0.168. The lowest BCUT2D eigenvalue weighted by molar-refractivity contribution is 0.582. The molecule has 0 saturated heterocycles. The van der Waals surface area contributed by atoms with Gasteiger partial charge in [0.2, 0.25) is 0 Å². The van der Waals surface area contributed by atoms with E-state index in [4.69, 9.17) is 0 Å². The topological polar surface area (TPSA) is 59.1 Å². The lowest BCUT2D eigenvalue weighted by Gasteiger charge is -2.07. The predicted molar refractivity (Wildman–Crippen MR) is 65.0 cm³/mol. The Balaban J connectivity index is 2.68. The summed E-state index contributed by atoms with van der Waals surface area (Å²) in [7, 11) is -3.37. The van der Waals surface area contributed by atoms with Gasteiger partial charge in [-0.25, -0.2) is 18.1 Å². The number of thiazole rings is 1.